The number of benzene rings is 1. The Morgan fingerprint density at radius 2 is 2.11 bits per heavy atom. The van der Waals surface area contributed by atoms with Crippen LogP contribution in [0.3, 0.4) is 0 Å². The van der Waals surface area contributed by atoms with E-state index in [0.29, 0.717) is 23.8 Å². The molecule has 1 fully saturated rings. The van der Waals surface area contributed by atoms with Crippen molar-refractivity contribution in [2.24, 2.45) is 0 Å². The Balaban J connectivity index is 1.95. The van der Waals surface area contributed by atoms with Gasteiger partial charge in [0.15, 0.2) is 0 Å². The molecule has 2 heterocycles. The Bertz CT molecular complexity index is 522. The number of nitrogens with zero attached hydrogens (tertiary/aromatic N) is 1. The predicted molar refractivity (Wildman–Crippen MR) is 70.5 cm³/mol. The highest BCUT2D eigenvalue weighted by molar-refractivity contribution is 6.34. The molecule has 2 aliphatic heterocycles. The number of hydrogen-bond acceptors (Lipinski definition) is 3. The summed E-state index contributed by atoms with van der Waals surface area (Å²) < 4.78 is 5.29. The van der Waals surface area contributed by atoms with Crippen LogP contribution in [0.15, 0.2) is 24.4 Å². The number of carbonyl (C=O) groups excluding carboxylic acids is 1. The Morgan fingerprint density at radius 1 is 1.33 bits per heavy atom. The van der Waals surface area contributed by atoms with Crippen LogP contribution in [0.1, 0.15) is 5.56 Å². The van der Waals surface area contributed by atoms with Gasteiger partial charge in [-0.3, -0.25) is 4.79 Å². The summed E-state index contributed by atoms with van der Waals surface area (Å²) in [5.41, 5.74) is 2.37. The second-order valence-electron chi connectivity index (χ2n) is 4.34. The molecule has 0 spiro atoms. The number of amides is 1. The van der Waals surface area contributed by atoms with E-state index in [4.69, 9.17) is 16.3 Å². The van der Waals surface area contributed by atoms with Crippen molar-refractivity contribution in [2.75, 3.05) is 31.6 Å². The molecule has 0 saturated carbocycles. The molecule has 1 aromatic carbocycles. The highest BCUT2D eigenvalue weighted by Crippen LogP contribution is 2.33. The Labute approximate surface area is 110 Å². The smallest absolute Gasteiger partial charge is 0.257 e. The molecule has 0 bridgehead atoms. The summed E-state index contributed by atoms with van der Waals surface area (Å²) in [6.45, 7) is 3.03. The number of halogens is 1. The lowest BCUT2D eigenvalue weighted by molar-refractivity contribution is -0.110. The summed E-state index contributed by atoms with van der Waals surface area (Å²) in [5, 5.41) is 3.48. The molecule has 1 N–H and O–H groups in total. The molecule has 94 valence electrons. The van der Waals surface area contributed by atoms with Crippen molar-refractivity contribution in [3.8, 4) is 0 Å². The third-order valence-electron chi connectivity index (χ3n) is 3.12. The monoisotopic (exact) mass is 264 g/mol. The maximum atomic E-state index is 11.9. The summed E-state index contributed by atoms with van der Waals surface area (Å²) >= 11 is 5.98. The zero-order valence-corrected chi connectivity index (χ0v) is 10.5. The first kappa shape index (κ1) is 11.6. The molecule has 0 radical (unpaired) electrons. The normalized spacial score (nSPS) is 21.1. The van der Waals surface area contributed by atoms with Crippen LogP contribution in [0.4, 0.5) is 5.69 Å². The SMILES string of the molecule is O=C1Nc2ccc(Cl)cc2/C1=C\N1CCOCC1. The van der Waals surface area contributed by atoms with Crippen LogP contribution in [0, 0.1) is 0 Å². The number of ether oxygens (including phenoxy) is 1. The largest absolute Gasteiger partial charge is 0.378 e. The fourth-order valence-corrected chi connectivity index (χ4v) is 2.35. The van der Waals surface area contributed by atoms with Gasteiger partial charge in [0.1, 0.15) is 0 Å². The Kier molecular flexibility index (Phi) is 2.97. The van der Waals surface area contributed by atoms with Gasteiger partial charge in [0.2, 0.25) is 0 Å². The molecule has 1 aromatic rings. The zero-order valence-electron chi connectivity index (χ0n) is 9.78. The molecule has 0 aromatic heterocycles. The van der Waals surface area contributed by atoms with Crippen molar-refractivity contribution in [1.29, 1.82) is 0 Å². The zero-order chi connectivity index (χ0) is 12.5. The molecule has 1 amide bonds. The predicted octanol–water partition coefficient (Wildman–Crippen LogP) is 1.97. The van der Waals surface area contributed by atoms with Crippen LogP contribution < -0.4 is 5.32 Å². The van der Waals surface area contributed by atoms with Crippen molar-refractivity contribution < 1.29 is 9.53 Å². The van der Waals surface area contributed by atoms with Gasteiger partial charge in [-0.2, -0.15) is 0 Å². The first-order valence-electron chi connectivity index (χ1n) is 5.89. The molecule has 5 heteroatoms. The Hall–Kier alpha value is -1.52. The third-order valence-corrected chi connectivity index (χ3v) is 3.36. The molecular formula is C13H13ClN2O2. The van der Waals surface area contributed by atoms with E-state index in [1.165, 1.54) is 0 Å². The minimum atomic E-state index is -0.0706. The van der Waals surface area contributed by atoms with Gasteiger partial charge >= 0.3 is 0 Å². The first-order valence-corrected chi connectivity index (χ1v) is 6.27. The molecule has 4 nitrogen and oxygen atoms in total. The highest BCUT2D eigenvalue weighted by Gasteiger charge is 2.25. The van der Waals surface area contributed by atoms with Gasteiger partial charge in [0.05, 0.1) is 18.8 Å². The van der Waals surface area contributed by atoms with E-state index in [9.17, 15) is 4.79 Å². The molecular weight excluding hydrogens is 252 g/mol. The third kappa shape index (κ3) is 2.09. The van der Waals surface area contributed by atoms with Gasteiger partial charge in [-0.25, -0.2) is 0 Å². The minimum Gasteiger partial charge on any atom is -0.378 e. The molecule has 18 heavy (non-hydrogen) atoms. The van der Waals surface area contributed by atoms with Crippen LogP contribution >= 0.6 is 11.6 Å². The number of hydrogen-bond donors (Lipinski definition) is 1. The number of rotatable bonds is 1. The highest BCUT2D eigenvalue weighted by atomic mass is 35.5. The summed E-state index contributed by atoms with van der Waals surface area (Å²) in [6.07, 6.45) is 1.90. The van der Waals surface area contributed by atoms with E-state index in [0.717, 1.165) is 24.3 Å². The van der Waals surface area contributed by atoms with Gasteiger partial charge in [-0.05, 0) is 18.2 Å². The molecule has 0 atom stereocenters. The van der Waals surface area contributed by atoms with Gasteiger partial charge in [0.25, 0.3) is 5.91 Å². The number of fused-ring (bicyclic) bond motifs is 1. The van der Waals surface area contributed by atoms with Crippen LogP contribution in [0.25, 0.3) is 5.57 Å². The average Bonchev–Trinajstić information content (AvgIpc) is 2.67. The number of carbonyl (C=O) groups is 1. The molecule has 0 aliphatic carbocycles. The lowest BCUT2D eigenvalue weighted by Gasteiger charge is -2.25. The van der Waals surface area contributed by atoms with E-state index in [1.54, 1.807) is 6.07 Å². The summed E-state index contributed by atoms with van der Waals surface area (Å²) in [4.78, 5) is 14.0. The fraction of sp³-hybridized carbons (Fsp3) is 0.308. The summed E-state index contributed by atoms with van der Waals surface area (Å²) in [6, 6.07) is 5.43. The van der Waals surface area contributed by atoms with Crippen LogP contribution in [0.5, 0.6) is 0 Å². The fourth-order valence-electron chi connectivity index (χ4n) is 2.18. The van der Waals surface area contributed by atoms with E-state index in [2.05, 4.69) is 10.2 Å². The standard InChI is InChI=1S/C13H13ClN2O2/c14-9-1-2-12-10(7-9)11(13(17)15-12)8-16-3-5-18-6-4-16/h1-2,7-8H,3-6H2,(H,15,17)/b11-8+. The maximum absolute atomic E-state index is 11.9. The molecule has 3 rings (SSSR count). The van der Waals surface area contributed by atoms with Crippen LogP contribution in [-0.4, -0.2) is 37.1 Å². The van der Waals surface area contributed by atoms with E-state index in [1.807, 2.05) is 18.3 Å². The first-order chi connectivity index (χ1) is 8.74. The lowest BCUT2D eigenvalue weighted by atomic mass is 10.1. The Morgan fingerprint density at radius 3 is 2.89 bits per heavy atom. The number of morpholine rings is 1. The van der Waals surface area contributed by atoms with Crippen LogP contribution in [0.2, 0.25) is 5.02 Å². The second-order valence-corrected chi connectivity index (χ2v) is 4.77. The quantitative estimate of drug-likeness (QED) is 0.789. The summed E-state index contributed by atoms with van der Waals surface area (Å²) in [5.74, 6) is -0.0706. The topological polar surface area (TPSA) is 41.6 Å². The van der Waals surface area contributed by atoms with Gasteiger partial charge in [-0.1, -0.05) is 11.6 Å². The van der Waals surface area contributed by atoms with Crippen molar-refractivity contribution in [3.63, 3.8) is 0 Å². The minimum absolute atomic E-state index is 0.0706. The molecule has 2 aliphatic rings. The average molecular weight is 265 g/mol. The molecule has 0 unspecified atom stereocenters. The molecule has 1 saturated heterocycles. The second kappa shape index (κ2) is 4.63. The summed E-state index contributed by atoms with van der Waals surface area (Å²) in [7, 11) is 0. The van der Waals surface area contributed by atoms with E-state index >= 15 is 0 Å². The maximum Gasteiger partial charge on any atom is 0.257 e. The van der Waals surface area contributed by atoms with Gasteiger partial charge in [0, 0.05) is 35.6 Å². The number of nitrogens with one attached hydrogen (secondary N) is 1. The van der Waals surface area contributed by atoms with E-state index in [-0.39, 0.29) is 5.91 Å². The van der Waals surface area contributed by atoms with Crippen molar-refractivity contribution in [2.45, 2.75) is 0 Å². The van der Waals surface area contributed by atoms with Crippen molar-refractivity contribution in [3.05, 3.63) is 35.0 Å². The van der Waals surface area contributed by atoms with E-state index < -0.39 is 0 Å². The van der Waals surface area contributed by atoms with Crippen molar-refractivity contribution in [1.82, 2.24) is 4.90 Å². The number of anilines is 1. The van der Waals surface area contributed by atoms with Gasteiger partial charge < -0.3 is 15.0 Å². The van der Waals surface area contributed by atoms with Crippen molar-refractivity contribution >= 4 is 28.8 Å². The lowest BCUT2D eigenvalue weighted by Crippen LogP contribution is -2.32. The van der Waals surface area contributed by atoms with Crippen LogP contribution in [-0.2, 0) is 9.53 Å². The van der Waals surface area contributed by atoms with Gasteiger partial charge in [-0.15, -0.1) is 0 Å².